The van der Waals surface area contributed by atoms with Gasteiger partial charge in [-0.1, -0.05) is 20.8 Å². The first-order valence-electron chi connectivity index (χ1n) is 7.16. The third kappa shape index (κ3) is 6.23. The van der Waals surface area contributed by atoms with Crippen molar-refractivity contribution >= 4 is 12.0 Å². The van der Waals surface area contributed by atoms with Crippen LogP contribution in [-0.2, 0) is 4.79 Å². The summed E-state index contributed by atoms with van der Waals surface area (Å²) in [5, 5.41) is 14.4. The third-order valence-corrected chi connectivity index (χ3v) is 3.65. The second-order valence-electron chi connectivity index (χ2n) is 6.63. The molecule has 1 aliphatic rings. The number of urea groups is 1. The van der Waals surface area contributed by atoms with Crippen molar-refractivity contribution in [2.45, 2.75) is 52.1 Å². The maximum atomic E-state index is 11.8. The number of rotatable bonds is 7. The first kappa shape index (κ1) is 16.8. The zero-order valence-electron chi connectivity index (χ0n) is 12.9. The lowest BCUT2D eigenvalue weighted by Crippen LogP contribution is -2.50. The summed E-state index contributed by atoms with van der Waals surface area (Å²) in [6, 6.07) is -0.00858. The fraction of sp³-hybridized carbons (Fsp3) is 0.857. The number of amides is 2. The van der Waals surface area contributed by atoms with Gasteiger partial charge in [-0.05, 0) is 25.3 Å². The minimum atomic E-state index is -0.904. The SMILES string of the molecule is CN(CCNC(=O)NC(CC(=O)O)C(C)(C)C)C1CC1. The van der Waals surface area contributed by atoms with E-state index in [4.69, 9.17) is 5.11 Å². The molecular formula is C14H27N3O3. The monoisotopic (exact) mass is 285 g/mol. The summed E-state index contributed by atoms with van der Waals surface area (Å²) in [6.45, 7) is 7.14. The molecule has 6 heteroatoms. The molecule has 3 N–H and O–H groups in total. The molecule has 116 valence electrons. The topological polar surface area (TPSA) is 81.7 Å². The molecule has 20 heavy (non-hydrogen) atoms. The first-order chi connectivity index (χ1) is 9.20. The van der Waals surface area contributed by atoms with Gasteiger partial charge in [0, 0.05) is 25.2 Å². The van der Waals surface area contributed by atoms with E-state index < -0.39 is 5.97 Å². The van der Waals surface area contributed by atoms with E-state index in [9.17, 15) is 9.59 Å². The lowest BCUT2D eigenvalue weighted by Gasteiger charge is -2.30. The molecule has 0 bridgehead atoms. The number of carbonyl (C=O) groups excluding carboxylic acids is 1. The number of hydrogen-bond donors (Lipinski definition) is 3. The third-order valence-electron chi connectivity index (χ3n) is 3.65. The van der Waals surface area contributed by atoms with Crippen LogP contribution >= 0.6 is 0 Å². The zero-order chi connectivity index (χ0) is 15.3. The van der Waals surface area contributed by atoms with E-state index in [1.54, 1.807) is 0 Å². The summed E-state index contributed by atoms with van der Waals surface area (Å²) in [5.74, 6) is -0.904. The Labute approximate surface area is 120 Å². The van der Waals surface area contributed by atoms with E-state index in [1.165, 1.54) is 12.8 Å². The fourth-order valence-electron chi connectivity index (χ4n) is 2.00. The smallest absolute Gasteiger partial charge is 0.315 e. The number of aliphatic carboxylic acids is 1. The molecule has 1 aliphatic carbocycles. The van der Waals surface area contributed by atoms with Gasteiger partial charge in [-0.15, -0.1) is 0 Å². The Hall–Kier alpha value is -1.30. The largest absolute Gasteiger partial charge is 0.481 e. The maximum Gasteiger partial charge on any atom is 0.315 e. The molecule has 0 aliphatic heterocycles. The van der Waals surface area contributed by atoms with Gasteiger partial charge in [-0.25, -0.2) is 4.79 Å². The summed E-state index contributed by atoms with van der Waals surface area (Å²) in [4.78, 5) is 24.9. The van der Waals surface area contributed by atoms with E-state index >= 15 is 0 Å². The molecule has 0 spiro atoms. The average molecular weight is 285 g/mol. The van der Waals surface area contributed by atoms with Crippen LogP contribution in [0.4, 0.5) is 4.79 Å². The Kier molecular flexibility index (Phi) is 5.80. The highest BCUT2D eigenvalue weighted by Gasteiger charge is 2.29. The first-order valence-corrected chi connectivity index (χ1v) is 7.16. The molecule has 1 rings (SSSR count). The van der Waals surface area contributed by atoms with Crippen LogP contribution in [-0.4, -0.2) is 54.2 Å². The summed E-state index contributed by atoms with van der Waals surface area (Å²) in [7, 11) is 2.06. The molecule has 1 saturated carbocycles. The van der Waals surface area contributed by atoms with Crippen molar-refractivity contribution in [3.63, 3.8) is 0 Å². The van der Waals surface area contributed by atoms with Crippen LogP contribution in [0.5, 0.6) is 0 Å². The van der Waals surface area contributed by atoms with Crippen LogP contribution in [0.25, 0.3) is 0 Å². The Morgan fingerprint density at radius 1 is 1.35 bits per heavy atom. The second kappa shape index (κ2) is 6.92. The van der Waals surface area contributed by atoms with Gasteiger partial charge in [0.2, 0.25) is 0 Å². The van der Waals surface area contributed by atoms with E-state index in [0.29, 0.717) is 12.6 Å². The number of nitrogens with one attached hydrogen (secondary N) is 2. The van der Waals surface area contributed by atoms with Crippen molar-refractivity contribution in [3.8, 4) is 0 Å². The van der Waals surface area contributed by atoms with Crippen molar-refractivity contribution < 1.29 is 14.7 Å². The van der Waals surface area contributed by atoms with Crippen molar-refractivity contribution in [3.05, 3.63) is 0 Å². The van der Waals surface area contributed by atoms with Crippen LogP contribution in [0.1, 0.15) is 40.0 Å². The minimum absolute atomic E-state index is 0.0705. The van der Waals surface area contributed by atoms with E-state index in [1.807, 2.05) is 20.8 Å². The number of carboxylic acid groups (broad SMARTS) is 1. The van der Waals surface area contributed by atoms with Gasteiger partial charge in [0.05, 0.1) is 6.42 Å². The molecule has 0 heterocycles. The fourth-order valence-corrected chi connectivity index (χ4v) is 2.00. The van der Waals surface area contributed by atoms with Gasteiger partial charge in [-0.3, -0.25) is 4.79 Å². The lowest BCUT2D eigenvalue weighted by molar-refractivity contribution is -0.138. The Morgan fingerprint density at radius 2 is 1.95 bits per heavy atom. The molecule has 0 aromatic carbocycles. The van der Waals surface area contributed by atoms with Gasteiger partial charge in [-0.2, -0.15) is 0 Å². The van der Waals surface area contributed by atoms with Crippen molar-refractivity contribution in [1.29, 1.82) is 0 Å². The molecule has 0 aromatic rings. The number of nitrogens with zero attached hydrogens (tertiary/aromatic N) is 1. The van der Waals surface area contributed by atoms with E-state index in [2.05, 4.69) is 22.6 Å². The van der Waals surface area contributed by atoms with Gasteiger partial charge < -0.3 is 20.6 Å². The number of carboxylic acids is 1. The standard InChI is InChI=1S/C14H27N3O3/c1-14(2,3)11(9-12(18)19)16-13(20)15-7-8-17(4)10-5-6-10/h10-11H,5-9H2,1-4H3,(H,18,19)(H2,15,16,20). The van der Waals surface area contributed by atoms with E-state index in [-0.39, 0.29) is 23.9 Å². The average Bonchev–Trinajstić information content (AvgIpc) is 3.09. The van der Waals surface area contributed by atoms with Gasteiger partial charge in [0.1, 0.15) is 0 Å². The van der Waals surface area contributed by atoms with Crippen LogP contribution in [0.3, 0.4) is 0 Å². The van der Waals surface area contributed by atoms with Gasteiger partial charge in [0.25, 0.3) is 0 Å². The maximum absolute atomic E-state index is 11.8. The number of carbonyl (C=O) groups is 2. The molecule has 1 atom stereocenters. The highest BCUT2D eigenvalue weighted by molar-refractivity contribution is 5.75. The Balaban J connectivity index is 2.31. The van der Waals surface area contributed by atoms with Crippen molar-refractivity contribution in [2.75, 3.05) is 20.1 Å². The summed E-state index contributed by atoms with van der Waals surface area (Å²) in [6.07, 6.45) is 2.42. The molecule has 0 aromatic heterocycles. The normalized spacial score (nSPS) is 16.9. The van der Waals surface area contributed by atoms with Gasteiger partial charge >= 0.3 is 12.0 Å². The lowest BCUT2D eigenvalue weighted by atomic mass is 9.85. The van der Waals surface area contributed by atoms with Crippen LogP contribution in [0, 0.1) is 5.41 Å². The molecule has 6 nitrogen and oxygen atoms in total. The van der Waals surface area contributed by atoms with Crippen LogP contribution in [0.2, 0.25) is 0 Å². The molecule has 0 radical (unpaired) electrons. The number of hydrogen-bond acceptors (Lipinski definition) is 3. The van der Waals surface area contributed by atoms with Crippen LogP contribution < -0.4 is 10.6 Å². The van der Waals surface area contributed by atoms with Gasteiger partial charge in [0.15, 0.2) is 0 Å². The quantitative estimate of drug-likeness (QED) is 0.658. The molecule has 1 fully saturated rings. The second-order valence-corrected chi connectivity index (χ2v) is 6.63. The molecular weight excluding hydrogens is 258 g/mol. The predicted octanol–water partition coefficient (Wildman–Crippen LogP) is 1.27. The molecule has 2 amide bonds. The zero-order valence-corrected chi connectivity index (χ0v) is 12.9. The number of likely N-dealkylation sites (N-methyl/N-ethyl adjacent to an activating group) is 1. The van der Waals surface area contributed by atoms with Crippen LogP contribution in [0.15, 0.2) is 0 Å². The summed E-state index contributed by atoms with van der Waals surface area (Å²) < 4.78 is 0. The van der Waals surface area contributed by atoms with Crippen molar-refractivity contribution in [1.82, 2.24) is 15.5 Å². The molecule has 1 unspecified atom stereocenters. The summed E-state index contributed by atoms with van der Waals surface area (Å²) >= 11 is 0. The van der Waals surface area contributed by atoms with E-state index in [0.717, 1.165) is 6.54 Å². The predicted molar refractivity (Wildman–Crippen MR) is 77.7 cm³/mol. The molecule has 0 saturated heterocycles. The highest BCUT2D eigenvalue weighted by Crippen LogP contribution is 2.24. The Bertz CT molecular complexity index is 348. The highest BCUT2D eigenvalue weighted by atomic mass is 16.4. The summed E-state index contributed by atoms with van der Waals surface area (Å²) in [5.41, 5.74) is -0.291. The minimum Gasteiger partial charge on any atom is -0.481 e. The van der Waals surface area contributed by atoms with Crippen molar-refractivity contribution in [2.24, 2.45) is 5.41 Å². The Morgan fingerprint density at radius 3 is 2.40 bits per heavy atom.